The highest BCUT2D eigenvalue weighted by atomic mass is 16.3. The fourth-order valence-electron chi connectivity index (χ4n) is 4.18. The van der Waals surface area contributed by atoms with E-state index < -0.39 is 6.10 Å². The van der Waals surface area contributed by atoms with Crippen molar-refractivity contribution in [3.05, 3.63) is 52.8 Å². The van der Waals surface area contributed by atoms with E-state index in [4.69, 9.17) is 0 Å². The molecule has 1 aromatic heterocycles. The summed E-state index contributed by atoms with van der Waals surface area (Å²) in [7, 11) is 1.96. The van der Waals surface area contributed by atoms with E-state index in [1.54, 1.807) is 0 Å². The highest BCUT2D eigenvalue weighted by Gasteiger charge is 2.26. The molecule has 0 radical (unpaired) electrons. The Kier molecular flexibility index (Phi) is 4.91. The number of aryl methyl sites for hydroxylation is 2. The maximum Gasteiger partial charge on any atom is 0.0793 e. The van der Waals surface area contributed by atoms with Gasteiger partial charge in [-0.15, -0.1) is 0 Å². The maximum atomic E-state index is 10.6. The van der Waals surface area contributed by atoms with Crippen molar-refractivity contribution in [2.75, 3.05) is 13.1 Å². The smallest absolute Gasteiger partial charge is 0.0793 e. The normalized spacial score (nSPS) is 19.9. The van der Waals surface area contributed by atoms with Gasteiger partial charge in [-0.25, -0.2) is 0 Å². The van der Waals surface area contributed by atoms with E-state index in [9.17, 15) is 5.11 Å². The van der Waals surface area contributed by atoms with Gasteiger partial charge in [-0.1, -0.05) is 24.6 Å². The van der Waals surface area contributed by atoms with Gasteiger partial charge in [0.25, 0.3) is 0 Å². The maximum absolute atomic E-state index is 10.6. The molecule has 1 saturated carbocycles. The molecule has 0 saturated heterocycles. The zero-order valence-electron chi connectivity index (χ0n) is 15.2. The van der Waals surface area contributed by atoms with Crippen molar-refractivity contribution in [3.8, 4) is 0 Å². The number of nitrogens with zero attached hydrogens (tertiary/aromatic N) is 3. The average Bonchev–Trinajstić information content (AvgIpc) is 2.87. The van der Waals surface area contributed by atoms with Gasteiger partial charge in [0.2, 0.25) is 0 Å². The predicted molar refractivity (Wildman–Crippen MR) is 99.6 cm³/mol. The molecule has 2 aromatic rings. The molecule has 1 N–H and O–H groups in total. The Hall–Kier alpha value is -1.65. The van der Waals surface area contributed by atoms with E-state index in [1.165, 1.54) is 49.2 Å². The van der Waals surface area contributed by atoms with Crippen LogP contribution in [0.3, 0.4) is 0 Å². The Bertz CT molecular complexity index is 720. The molecule has 1 aromatic carbocycles. The van der Waals surface area contributed by atoms with Gasteiger partial charge in [-0.2, -0.15) is 5.10 Å². The van der Waals surface area contributed by atoms with E-state index in [0.29, 0.717) is 0 Å². The molecule has 0 spiro atoms. The lowest BCUT2D eigenvalue weighted by atomic mass is 9.91. The van der Waals surface area contributed by atoms with Crippen molar-refractivity contribution in [1.29, 1.82) is 0 Å². The Morgan fingerprint density at radius 3 is 2.64 bits per heavy atom. The lowest BCUT2D eigenvalue weighted by Gasteiger charge is -2.36. The first-order chi connectivity index (χ1) is 12.2. The second kappa shape index (κ2) is 7.30. The predicted octanol–water partition coefficient (Wildman–Crippen LogP) is 3.04. The summed E-state index contributed by atoms with van der Waals surface area (Å²) in [6.45, 7) is 2.37. The number of benzene rings is 1. The van der Waals surface area contributed by atoms with Crippen molar-refractivity contribution >= 4 is 0 Å². The van der Waals surface area contributed by atoms with Crippen molar-refractivity contribution in [3.63, 3.8) is 0 Å². The molecular weight excluding hydrogens is 310 g/mol. The van der Waals surface area contributed by atoms with Gasteiger partial charge in [0, 0.05) is 38.1 Å². The molecule has 4 rings (SSSR count). The molecule has 4 nitrogen and oxygen atoms in total. The minimum Gasteiger partial charge on any atom is -0.388 e. The van der Waals surface area contributed by atoms with Crippen molar-refractivity contribution in [2.24, 2.45) is 7.05 Å². The van der Waals surface area contributed by atoms with E-state index in [0.717, 1.165) is 37.3 Å². The van der Waals surface area contributed by atoms with Gasteiger partial charge in [-0.05, 0) is 61.3 Å². The van der Waals surface area contributed by atoms with E-state index >= 15 is 0 Å². The van der Waals surface area contributed by atoms with Crippen LogP contribution in [0.4, 0.5) is 0 Å². The van der Waals surface area contributed by atoms with Gasteiger partial charge >= 0.3 is 0 Å². The Morgan fingerprint density at radius 2 is 1.96 bits per heavy atom. The van der Waals surface area contributed by atoms with Crippen LogP contribution >= 0.6 is 0 Å². The van der Waals surface area contributed by atoms with Crippen molar-refractivity contribution < 1.29 is 5.11 Å². The van der Waals surface area contributed by atoms with E-state index in [2.05, 4.69) is 28.2 Å². The minimum atomic E-state index is -0.397. The minimum absolute atomic E-state index is 0.397. The Labute approximate surface area is 150 Å². The van der Waals surface area contributed by atoms with Crippen LogP contribution in [0.1, 0.15) is 54.2 Å². The van der Waals surface area contributed by atoms with Gasteiger partial charge in [0.05, 0.1) is 6.10 Å². The van der Waals surface area contributed by atoms with Gasteiger partial charge in [-0.3, -0.25) is 9.58 Å². The molecule has 0 amide bonds. The lowest BCUT2D eigenvalue weighted by Crippen LogP contribution is -2.41. The van der Waals surface area contributed by atoms with E-state index in [1.807, 2.05) is 24.0 Å². The average molecular weight is 339 g/mol. The summed E-state index contributed by atoms with van der Waals surface area (Å²) < 4.78 is 1.89. The molecular formula is C21H29N3O. The lowest BCUT2D eigenvalue weighted by molar-refractivity contribution is 0.133. The molecule has 1 atom stereocenters. The topological polar surface area (TPSA) is 41.3 Å². The molecule has 0 bridgehead atoms. The molecule has 1 aliphatic heterocycles. The summed E-state index contributed by atoms with van der Waals surface area (Å²) in [6, 6.07) is 9.50. The highest BCUT2D eigenvalue weighted by Crippen LogP contribution is 2.29. The van der Waals surface area contributed by atoms with Crippen LogP contribution in [0.15, 0.2) is 30.5 Å². The quantitative estimate of drug-likeness (QED) is 0.910. The van der Waals surface area contributed by atoms with Gasteiger partial charge < -0.3 is 5.11 Å². The fraction of sp³-hybridized carbons (Fsp3) is 0.571. The second-order valence-corrected chi connectivity index (χ2v) is 7.65. The first kappa shape index (κ1) is 16.8. The zero-order valence-corrected chi connectivity index (χ0v) is 15.2. The fourth-order valence-corrected chi connectivity index (χ4v) is 4.18. The number of rotatable bonds is 5. The van der Waals surface area contributed by atoms with Gasteiger partial charge in [0.1, 0.15) is 0 Å². The highest BCUT2D eigenvalue weighted by molar-refractivity contribution is 5.34. The third-order valence-corrected chi connectivity index (χ3v) is 6.14. The molecule has 2 aliphatic rings. The van der Waals surface area contributed by atoms with Crippen LogP contribution in [0.25, 0.3) is 0 Å². The van der Waals surface area contributed by atoms with Crippen LogP contribution in [0.2, 0.25) is 0 Å². The molecule has 1 unspecified atom stereocenters. The number of aliphatic hydroxyl groups is 1. The summed E-state index contributed by atoms with van der Waals surface area (Å²) in [6.07, 6.45) is 9.45. The molecule has 25 heavy (non-hydrogen) atoms. The Balaban J connectivity index is 1.40. The second-order valence-electron chi connectivity index (χ2n) is 7.65. The summed E-state index contributed by atoms with van der Waals surface area (Å²) in [5, 5.41) is 14.8. The third kappa shape index (κ3) is 3.65. The molecule has 134 valence electrons. The summed E-state index contributed by atoms with van der Waals surface area (Å²) in [4.78, 5) is 2.68. The number of hydrogen-bond acceptors (Lipinski definition) is 3. The first-order valence-corrected chi connectivity index (χ1v) is 9.71. The first-order valence-electron chi connectivity index (χ1n) is 9.71. The van der Waals surface area contributed by atoms with Crippen LogP contribution in [-0.4, -0.2) is 38.9 Å². The monoisotopic (exact) mass is 339 g/mol. The molecule has 1 aliphatic carbocycles. The molecule has 2 heterocycles. The zero-order chi connectivity index (χ0) is 17.2. The standard InChI is InChI=1S/C21H29N3O/c1-23-19(9-12-22-23)7-8-21(25)18-6-5-16-10-13-24(20-3-2-4-20)14-11-17(16)15-18/h5-6,9,12,15,20-21,25H,2-4,7-8,10-11,13-14H2,1H3. The largest absolute Gasteiger partial charge is 0.388 e. The van der Waals surface area contributed by atoms with E-state index in [-0.39, 0.29) is 0 Å². The summed E-state index contributed by atoms with van der Waals surface area (Å²) >= 11 is 0. The SMILES string of the molecule is Cn1nccc1CCC(O)c1ccc2c(c1)CCN(C1CCC1)CC2. The number of fused-ring (bicyclic) bond motifs is 1. The summed E-state index contributed by atoms with van der Waals surface area (Å²) in [5.74, 6) is 0. The Morgan fingerprint density at radius 1 is 1.16 bits per heavy atom. The molecule has 4 heteroatoms. The van der Waals surface area contributed by atoms with Gasteiger partial charge in [0.15, 0.2) is 0 Å². The van der Waals surface area contributed by atoms with Crippen LogP contribution in [-0.2, 0) is 26.3 Å². The van der Waals surface area contributed by atoms with Crippen molar-refractivity contribution in [2.45, 2.75) is 57.1 Å². The summed E-state index contributed by atoms with van der Waals surface area (Å²) in [5.41, 5.74) is 5.16. The van der Waals surface area contributed by atoms with Crippen LogP contribution in [0, 0.1) is 0 Å². The third-order valence-electron chi connectivity index (χ3n) is 6.14. The van der Waals surface area contributed by atoms with Crippen molar-refractivity contribution in [1.82, 2.24) is 14.7 Å². The number of hydrogen-bond donors (Lipinski definition) is 1. The van der Waals surface area contributed by atoms with Crippen LogP contribution in [0.5, 0.6) is 0 Å². The number of aliphatic hydroxyl groups excluding tert-OH is 1. The molecule has 1 fully saturated rings. The van der Waals surface area contributed by atoms with Crippen LogP contribution < -0.4 is 0 Å². The number of aromatic nitrogens is 2.